The van der Waals surface area contributed by atoms with Crippen LogP contribution in [0.5, 0.6) is 0 Å². The molecule has 1 aromatic heterocycles. The standard InChI is InChI=1S/C36H57N2O10P/c1-21(7-6-13-34(2,3)43)24-8-9-25-32-26(11-15-36(24,25)5)35(4)14-10-23(17-22(35)18-28(32)40)48-49(44,45)46-20-29-27(39)19-31(47-29)38-16-12-30(41)37-33(38)42/h12,16,18,21,23-29,31-32,39-40,43H,6-11,13-15,17,19-20H2,1-5H3,(H,44,45)(H,37,41,42)/t21-,23+,24-,25+,26+,27+,28+,29-,31-,32+,35+,36-/m1/s1. The third kappa shape index (κ3) is 7.49. The fourth-order valence-corrected chi connectivity index (χ4v) is 11.8. The second-order valence-corrected chi connectivity index (χ2v) is 18.4. The summed E-state index contributed by atoms with van der Waals surface area (Å²) in [5.41, 5.74) is -0.695. The number of phosphoric ester groups is 1. The van der Waals surface area contributed by atoms with Crippen molar-refractivity contribution in [2.75, 3.05) is 6.61 Å². The van der Waals surface area contributed by atoms with Gasteiger partial charge >= 0.3 is 13.5 Å². The molecule has 1 aromatic rings. The van der Waals surface area contributed by atoms with Gasteiger partial charge in [0, 0.05) is 18.7 Å². The Labute approximate surface area is 288 Å². The molecule has 1 saturated heterocycles. The lowest BCUT2D eigenvalue weighted by Crippen LogP contribution is -2.55. The lowest BCUT2D eigenvalue weighted by atomic mass is 9.46. The summed E-state index contributed by atoms with van der Waals surface area (Å²) < 4.78 is 30.9. The summed E-state index contributed by atoms with van der Waals surface area (Å²) in [7, 11) is -4.53. The van der Waals surface area contributed by atoms with Crippen LogP contribution in [0.3, 0.4) is 0 Å². The highest BCUT2D eigenvalue weighted by molar-refractivity contribution is 7.47. The molecule has 0 aromatic carbocycles. The van der Waals surface area contributed by atoms with E-state index < -0.39 is 61.9 Å². The van der Waals surface area contributed by atoms with Crippen LogP contribution in [0, 0.1) is 40.4 Å². The maximum absolute atomic E-state index is 13.1. The molecular weight excluding hydrogens is 651 g/mol. The van der Waals surface area contributed by atoms with Crippen LogP contribution in [0.2, 0.25) is 0 Å². The first-order chi connectivity index (χ1) is 22.9. The van der Waals surface area contributed by atoms with Crippen molar-refractivity contribution in [2.24, 2.45) is 40.4 Å². The molecule has 1 unspecified atom stereocenters. The summed E-state index contributed by atoms with van der Waals surface area (Å²) in [6, 6.07) is 1.17. The Morgan fingerprint density at radius 3 is 2.61 bits per heavy atom. The summed E-state index contributed by atoms with van der Waals surface area (Å²) in [5.74, 6) is 2.17. The smallest absolute Gasteiger partial charge is 0.390 e. The number of aliphatic hydroxyl groups is 3. The second-order valence-electron chi connectivity index (χ2n) is 17.0. The molecule has 1 aliphatic heterocycles. The zero-order chi connectivity index (χ0) is 35.5. The van der Waals surface area contributed by atoms with Crippen LogP contribution in [0.4, 0.5) is 0 Å². The highest BCUT2D eigenvalue weighted by atomic mass is 31.2. The molecule has 2 heterocycles. The molecule has 276 valence electrons. The zero-order valence-electron chi connectivity index (χ0n) is 29.6. The number of aromatic nitrogens is 2. The van der Waals surface area contributed by atoms with E-state index in [9.17, 15) is 34.4 Å². The van der Waals surface area contributed by atoms with Gasteiger partial charge < -0.3 is 24.9 Å². The Hall–Kier alpha value is -1.63. The minimum atomic E-state index is -4.53. The number of aromatic amines is 1. The zero-order valence-corrected chi connectivity index (χ0v) is 30.5. The van der Waals surface area contributed by atoms with E-state index in [0.717, 1.165) is 55.1 Å². The van der Waals surface area contributed by atoms with Crippen molar-refractivity contribution in [2.45, 2.75) is 141 Å². The number of hydrogen-bond acceptors (Lipinski definition) is 9. The molecule has 13 heteroatoms. The third-order valence-corrected chi connectivity index (χ3v) is 14.4. The number of ether oxygens (including phenoxy) is 1. The number of phosphoric acid groups is 1. The minimum absolute atomic E-state index is 0.0409. The van der Waals surface area contributed by atoms with Gasteiger partial charge in [-0.3, -0.25) is 23.4 Å². The molecule has 0 amide bonds. The Kier molecular flexibility index (Phi) is 10.4. The number of H-pyrrole nitrogens is 1. The van der Waals surface area contributed by atoms with Gasteiger partial charge in [0.05, 0.1) is 30.5 Å². The van der Waals surface area contributed by atoms with Gasteiger partial charge in [-0.15, -0.1) is 0 Å². The van der Waals surface area contributed by atoms with Crippen LogP contribution in [-0.4, -0.2) is 66.4 Å². The summed E-state index contributed by atoms with van der Waals surface area (Å²) >= 11 is 0. The number of rotatable bonds is 11. The molecule has 4 fully saturated rings. The van der Waals surface area contributed by atoms with Crippen molar-refractivity contribution in [1.29, 1.82) is 0 Å². The molecule has 13 atom stereocenters. The SMILES string of the molecule is C[C@H](CCCC(C)(C)O)[C@H]1CC[C@H]2[C@@H]3[C@@H](O)C=C4C[C@@H](OP(=O)(O)OC[C@H]5O[C@@H](n6ccc(=O)[nH]c6=O)C[C@@H]5O)CC[C@]4(C)[C@H]3CC[C@]12C. The maximum atomic E-state index is 13.1. The van der Waals surface area contributed by atoms with E-state index in [1.165, 1.54) is 18.7 Å². The van der Waals surface area contributed by atoms with Gasteiger partial charge in [0.15, 0.2) is 0 Å². The Morgan fingerprint density at radius 1 is 1.14 bits per heavy atom. The van der Waals surface area contributed by atoms with E-state index in [-0.39, 0.29) is 23.2 Å². The molecule has 4 aliphatic carbocycles. The molecule has 6 rings (SSSR count). The highest BCUT2D eigenvalue weighted by Gasteiger charge is 2.61. The van der Waals surface area contributed by atoms with Crippen LogP contribution < -0.4 is 11.2 Å². The molecule has 5 aliphatic rings. The van der Waals surface area contributed by atoms with Crippen molar-refractivity contribution in [3.63, 3.8) is 0 Å². The van der Waals surface area contributed by atoms with Crippen LogP contribution in [0.1, 0.15) is 111 Å². The number of hydrogen-bond donors (Lipinski definition) is 5. The van der Waals surface area contributed by atoms with Crippen molar-refractivity contribution in [1.82, 2.24) is 9.55 Å². The average Bonchev–Trinajstić information content (AvgIpc) is 3.55. The first kappa shape index (κ1) is 37.1. The predicted molar refractivity (Wildman–Crippen MR) is 182 cm³/mol. The topological polar surface area (TPSA) is 181 Å². The van der Waals surface area contributed by atoms with Gasteiger partial charge in [0.1, 0.15) is 12.3 Å². The molecule has 0 bridgehead atoms. The van der Waals surface area contributed by atoms with Gasteiger partial charge in [0.25, 0.3) is 5.56 Å². The Bertz CT molecular complexity index is 1550. The third-order valence-electron chi connectivity index (χ3n) is 13.3. The first-order valence-electron chi connectivity index (χ1n) is 18.3. The van der Waals surface area contributed by atoms with E-state index in [1.54, 1.807) is 0 Å². The van der Waals surface area contributed by atoms with Gasteiger partial charge in [-0.25, -0.2) is 9.36 Å². The molecule has 49 heavy (non-hydrogen) atoms. The van der Waals surface area contributed by atoms with Gasteiger partial charge in [-0.05, 0) is 106 Å². The van der Waals surface area contributed by atoms with E-state index in [4.69, 9.17) is 13.8 Å². The van der Waals surface area contributed by atoms with Gasteiger partial charge in [-0.1, -0.05) is 45.3 Å². The van der Waals surface area contributed by atoms with Crippen LogP contribution >= 0.6 is 7.82 Å². The molecule has 0 spiro atoms. The largest absolute Gasteiger partial charge is 0.472 e. The van der Waals surface area contributed by atoms with Crippen LogP contribution in [-0.2, 0) is 18.3 Å². The molecule has 0 radical (unpaired) electrons. The normalized spacial score (nSPS) is 40.9. The van der Waals surface area contributed by atoms with Crippen LogP contribution in [0.25, 0.3) is 0 Å². The predicted octanol–water partition coefficient (Wildman–Crippen LogP) is 4.81. The van der Waals surface area contributed by atoms with E-state index in [2.05, 4.69) is 25.8 Å². The summed E-state index contributed by atoms with van der Waals surface area (Å²) in [6.07, 6.45) is 8.58. The summed E-state index contributed by atoms with van der Waals surface area (Å²) in [5, 5.41) is 32.4. The number of aliphatic hydroxyl groups excluding tert-OH is 2. The van der Waals surface area contributed by atoms with Crippen molar-refractivity contribution < 1.29 is 38.6 Å². The average molecular weight is 709 g/mol. The van der Waals surface area contributed by atoms with Crippen molar-refractivity contribution in [3.8, 4) is 0 Å². The Morgan fingerprint density at radius 2 is 1.90 bits per heavy atom. The van der Waals surface area contributed by atoms with Crippen molar-refractivity contribution in [3.05, 3.63) is 44.8 Å². The summed E-state index contributed by atoms with van der Waals surface area (Å²) in [6.45, 7) is 10.5. The van der Waals surface area contributed by atoms with E-state index in [1.807, 2.05) is 19.9 Å². The first-order valence-corrected chi connectivity index (χ1v) is 19.8. The molecular formula is C36H57N2O10P. The van der Waals surface area contributed by atoms with E-state index in [0.29, 0.717) is 36.5 Å². The Balaban J connectivity index is 1.06. The lowest BCUT2D eigenvalue weighted by molar-refractivity contribution is -0.0974. The molecule has 5 N–H and O–H groups in total. The summed E-state index contributed by atoms with van der Waals surface area (Å²) in [4.78, 5) is 36.3. The second kappa shape index (κ2) is 13.7. The fraction of sp³-hybridized carbons (Fsp3) is 0.833. The molecule has 3 saturated carbocycles. The quantitative estimate of drug-likeness (QED) is 0.158. The lowest BCUT2D eigenvalue weighted by Gasteiger charge is -2.59. The number of nitrogens with zero attached hydrogens (tertiary/aromatic N) is 1. The molecule has 12 nitrogen and oxygen atoms in total. The van der Waals surface area contributed by atoms with Gasteiger partial charge in [-0.2, -0.15) is 0 Å². The number of fused-ring (bicyclic) bond motifs is 5. The van der Waals surface area contributed by atoms with Crippen molar-refractivity contribution >= 4 is 7.82 Å². The van der Waals surface area contributed by atoms with E-state index >= 15 is 0 Å². The highest BCUT2D eigenvalue weighted by Crippen LogP contribution is 2.67. The van der Waals surface area contributed by atoms with Crippen LogP contribution in [0.15, 0.2) is 33.5 Å². The number of nitrogens with one attached hydrogen (secondary N) is 1. The maximum Gasteiger partial charge on any atom is 0.472 e. The monoisotopic (exact) mass is 708 g/mol. The minimum Gasteiger partial charge on any atom is -0.390 e. The fourth-order valence-electron chi connectivity index (χ4n) is 10.8. The van der Waals surface area contributed by atoms with Gasteiger partial charge in [0.2, 0.25) is 0 Å².